The van der Waals surface area contributed by atoms with E-state index in [1.54, 1.807) is 7.11 Å². The summed E-state index contributed by atoms with van der Waals surface area (Å²) in [6, 6.07) is 12.6. The van der Waals surface area contributed by atoms with Gasteiger partial charge in [-0.1, -0.05) is 30.3 Å². The number of hydrogen-bond donors (Lipinski definition) is 2. The topological polar surface area (TPSA) is 72.1 Å². The lowest BCUT2D eigenvalue weighted by molar-refractivity contribution is -0.137. The number of nitrogens with one attached hydrogen (secondary N) is 1. The van der Waals surface area contributed by atoms with Crippen LogP contribution in [0.1, 0.15) is 22.7 Å². The minimum atomic E-state index is -4.37. The number of morpholine rings is 1. The van der Waals surface area contributed by atoms with E-state index in [-0.39, 0.29) is 12.0 Å². The first kappa shape index (κ1) is 23.1. The third-order valence-corrected chi connectivity index (χ3v) is 5.12. The number of halogens is 3. The number of anilines is 1. The smallest absolute Gasteiger partial charge is 0.380 e. The van der Waals surface area contributed by atoms with Crippen LogP contribution in [0.2, 0.25) is 0 Å². The van der Waals surface area contributed by atoms with Gasteiger partial charge in [-0.15, -0.1) is 0 Å². The molecule has 0 spiro atoms. The van der Waals surface area contributed by atoms with Crippen LogP contribution < -0.4 is 11.1 Å². The lowest BCUT2D eigenvalue weighted by Gasteiger charge is -2.34. The lowest BCUT2D eigenvalue weighted by Crippen LogP contribution is -2.40. The van der Waals surface area contributed by atoms with Crippen molar-refractivity contribution in [2.24, 2.45) is 10.7 Å². The van der Waals surface area contributed by atoms with E-state index < -0.39 is 11.7 Å². The first-order chi connectivity index (χ1) is 14.9. The van der Waals surface area contributed by atoms with Crippen molar-refractivity contribution in [3.63, 3.8) is 0 Å². The average molecular weight is 436 g/mol. The maximum atomic E-state index is 12.9. The third kappa shape index (κ3) is 6.43. The van der Waals surface area contributed by atoms with Crippen molar-refractivity contribution >= 4 is 11.6 Å². The fourth-order valence-corrected chi connectivity index (χ4v) is 3.50. The van der Waals surface area contributed by atoms with Gasteiger partial charge in [0.25, 0.3) is 0 Å². The van der Waals surface area contributed by atoms with Crippen molar-refractivity contribution in [3.8, 4) is 0 Å². The number of methoxy groups -OCH3 is 1. The highest BCUT2D eigenvalue weighted by Crippen LogP contribution is 2.31. The summed E-state index contributed by atoms with van der Waals surface area (Å²) in [5, 5.41) is 3.09. The SMILES string of the molecule is COCc1ccccc1NC(N)=NCC(c1ccc(C(F)(F)F)cc1)N1CCOCC1. The largest absolute Gasteiger partial charge is 0.416 e. The van der Waals surface area contributed by atoms with Crippen molar-refractivity contribution in [1.82, 2.24) is 4.90 Å². The molecule has 0 amide bonds. The van der Waals surface area contributed by atoms with E-state index in [0.29, 0.717) is 39.5 Å². The molecule has 1 atom stereocenters. The number of ether oxygens (including phenoxy) is 2. The van der Waals surface area contributed by atoms with Crippen LogP contribution in [0.15, 0.2) is 53.5 Å². The molecule has 1 aliphatic heterocycles. The van der Waals surface area contributed by atoms with Gasteiger partial charge >= 0.3 is 6.18 Å². The van der Waals surface area contributed by atoms with E-state index in [0.717, 1.165) is 28.9 Å². The van der Waals surface area contributed by atoms with E-state index in [1.165, 1.54) is 12.1 Å². The quantitative estimate of drug-likeness (QED) is 0.512. The van der Waals surface area contributed by atoms with Crippen LogP contribution in [-0.2, 0) is 22.3 Å². The number of rotatable bonds is 7. The van der Waals surface area contributed by atoms with E-state index >= 15 is 0 Å². The lowest BCUT2D eigenvalue weighted by atomic mass is 10.0. The summed E-state index contributed by atoms with van der Waals surface area (Å²) in [5.41, 5.74) is 7.93. The molecule has 31 heavy (non-hydrogen) atoms. The molecular weight excluding hydrogens is 409 g/mol. The van der Waals surface area contributed by atoms with Crippen LogP contribution in [-0.4, -0.2) is 50.8 Å². The minimum Gasteiger partial charge on any atom is -0.380 e. The Morgan fingerprint density at radius 2 is 1.84 bits per heavy atom. The predicted molar refractivity (Wildman–Crippen MR) is 114 cm³/mol. The molecular formula is C22H27F3N4O2. The molecule has 9 heteroatoms. The first-order valence-corrected chi connectivity index (χ1v) is 10.0. The van der Waals surface area contributed by atoms with Gasteiger partial charge in [-0.2, -0.15) is 13.2 Å². The molecule has 1 saturated heterocycles. The number of alkyl halides is 3. The van der Waals surface area contributed by atoms with Gasteiger partial charge in [0.05, 0.1) is 38.0 Å². The second-order valence-corrected chi connectivity index (χ2v) is 7.22. The van der Waals surface area contributed by atoms with Gasteiger partial charge in [-0.25, -0.2) is 0 Å². The van der Waals surface area contributed by atoms with E-state index in [9.17, 15) is 13.2 Å². The van der Waals surface area contributed by atoms with Crippen molar-refractivity contribution in [1.29, 1.82) is 0 Å². The molecule has 1 heterocycles. The number of nitrogens with two attached hydrogens (primary N) is 1. The number of nitrogens with zero attached hydrogens (tertiary/aromatic N) is 2. The Balaban J connectivity index is 1.77. The molecule has 6 nitrogen and oxygen atoms in total. The molecule has 3 rings (SSSR count). The summed E-state index contributed by atoms with van der Waals surface area (Å²) in [4.78, 5) is 6.64. The molecule has 0 aliphatic carbocycles. The molecule has 0 radical (unpaired) electrons. The molecule has 0 saturated carbocycles. The third-order valence-electron chi connectivity index (χ3n) is 5.12. The van der Waals surface area contributed by atoms with E-state index in [4.69, 9.17) is 15.2 Å². The van der Waals surface area contributed by atoms with Gasteiger partial charge in [0.15, 0.2) is 5.96 Å². The maximum absolute atomic E-state index is 12.9. The second-order valence-electron chi connectivity index (χ2n) is 7.22. The average Bonchev–Trinajstić information content (AvgIpc) is 2.76. The number of aliphatic imine (C=N–C) groups is 1. The molecule has 1 aliphatic rings. The number of benzene rings is 2. The highest BCUT2D eigenvalue weighted by Gasteiger charge is 2.31. The van der Waals surface area contributed by atoms with Crippen LogP contribution in [0.3, 0.4) is 0 Å². The summed E-state index contributed by atoms with van der Waals surface area (Å²) < 4.78 is 49.4. The van der Waals surface area contributed by atoms with Crippen LogP contribution in [0.25, 0.3) is 0 Å². The van der Waals surface area contributed by atoms with Crippen molar-refractivity contribution in [2.75, 3.05) is 45.3 Å². The van der Waals surface area contributed by atoms with Gasteiger partial charge in [0, 0.05) is 31.5 Å². The summed E-state index contributed by atoms with van der Waals surface area (Å²) in [6.45, 7) is 3.21. The fraction of sp³-hybridized carbons (Fsp3) is 0.409. The molecule has 1 unspecified atom stereocenters. The second kappa shape index (κ2) is 10.6. The van der Waals surface area contributed by atoms with Gasteiger partial charge < -0.3 is 20.5 Å². The zero-order chi connectivity index (χ0) is 22.3. The predicted octanol–water partition coefficient (Wildman–Crippen LogP) is 3.65. The molecule has 0 bridgehead atoms. The molecule has 0 aromatic heterocycles. The monoisotopic (exact) mass is 436 g/mol. The summed E-state index contributed by atoms with van der Waals surface area (Å²) in [6.07, 6.45) is -4.37. The fourth-order valence-electron chi connectivity index (χ4n) is 3.50. The Bertz CT molecular complexity index is 866. The maximum Gasteiger partial charge on any atom is 0.416 e. The molecule has 2 aromatic rings. The van der Waals surface area contributed by atoms with Crippen molar-refractivity contribution < 1.29 is 22.6 Å². The Kier molecular flexibility index (Phi) is 7.89. The zero-order valence-corrected chi connectivity index (χ0v) is 17.4. The standard InChI is InChI=1S/C22H27F3N4O2/c1-30-15-17-4-2-3-5-19(17)28-21(26)27-14-20(29-10-12-31-13-11-29)16-6-8-18(9-7-16)22(23,24)25/h2-9,20H,10-15H2,1H3,(H3,26,27,28). The van der Waals surface area contributed by atoms with Crippen LogP contribution >= 0.6 is 0 Å². The highest BCUT2D eigenvalue weighted by atomic mass is 19.4. The molecule has 3 N–H and O–H groups in total. The summed E-state index contributed by atoms with van der Waals surface area (Å²) in [7, 11) is 1.62. The Hall–Kier alpha value is -2.62. The zero-order valence-electron chi connectivity index (χ0n) is 17.4. The normalized spacial score (nSPS) is 16.8. The van der Waals surface area contributed by atoms with Crippen molar-refractivity contribution in [2.45, 2.75) is 18.8 Å². The van der Waals surface area contributed by atoms with Gasteiger partial charge in [0.2, 0.25) is 0 Å². The Morgan fingerprint density at radius 1 is 1.16 bits per heavy atom. The van der Waals surface area contributed by atoms with Gasteiger partial charge in [0.1, 0.15) is 0 Å². The van der Waals surface area contributed by atoms with E-state index in [2.05, 4.69) is 15.2 Å². The van der Waals surface area contributed by atoms with Crippen LogP contribution in [0, 0.1) is 0 Å². The Morgan fingerprint density at radius 3 is 2.48 bits per heavy atom. The van der Waals surface area contributed by atoms with Gasteiger partial charge in [-0.05, 0) is 23.8 Å². The number of hydrogen-bond acceptors (Lipinski definition) is 4. The first-order valence-electron chi connectivity index (χ1n) is 10.0. The Labute approximate surface area is 179 Å². The van der Waals surface area contributed by atoms with E-state index in [1.807, 2.05) is 24.3 Å². The number of guanidine groups is 1. The van der Waals surface area contributed by atoms with Gasteiger partial charge in [-0.3, -0.25) is 9.89 Å². The highest BCUT2D eigenvalue weighted by molar-refractivity contribution is 5.93. The van der Waals surface area contributed by atoms with Crippen molar-refractivity contribution in [3.05, 3.63) is 65.2 Å². The molecule has 1 fully saturated rings. The van der Waals surface area contributed by atoms with Crippen LogP contribution in [0.5, 0.6) is 0 Å². The molecule has 168 valence electrons. The molecule has 2 aromatic carbocycles. The summed E-state index contributed by atoms with van der Waals surface area (Å²) in [5.74, 6) is 0.230. The minimum absolute atomic E-state index is 0.208. The van der Waals surface area contributed by atoms with Crippen LogP contribution in [0.4, 0.5) is 18.9 Å². The summed E-state index contributed by atoms with van der Waals surface area (Å²) >= 11 is 0. The number of para-hydroxylation sites is 1.